The van der Waals surface area contributed by atoms with Crippen LogP contribution in [0, 0.1) is 0 Å². The van der Waals surface area contributed by atoms with Crippen LogP contribution in [0.1, 0.15) is 13.8 Å². The van der Waals surface area contributed by atoms with Crippen molar-refractivity contribution in [2.45, 2.75) is 18.7 Å². The van der Waals surface area contributed by atoms with Crippen LogP contribution in [0.3, 0.4) is 0 Å². The minimum Gasteiger partial charge on any atom is -0.461 e. The molecule has 0 fully saturated rings. The molecule has 0 spiro atoms. The number of hydrogen-bond donors (Lipinski definition) is 0. The van der Waals surface area contributed by atoms with E-state index in [4.69, 9.17) is 4.74 Å². The second kappa shape index (κ2) is 8.00. The molecule has 0 aliphatic rings. The van der Waals surface area contributed by atoms with Crippen molar-refractivity contribution in [2.75, 3.05) is 26.2 Å². The molecule has 0 aliphatic carbocycles. The van der Waals surface area contributed by atoms with Crippen LogP contribution in [0.15, 0.2) is 12.7 Å². The lowest BCUT2D eigenvalue weighted by molar-refractivity contribution is -0.137. The molecular weight excluding hydrogens is 246 g/mol. The summed E-state index contributed by atoms with van der Waals surface area (Å²) < 4.78 is 4.91. The molecule has 0 aliphatic heterocycles. The summed E-state index contributed by atoms with van der Waals surface area (Å²) in [5, 5.41) is 0. The van der Waals surface area contributed by atoms with Gasteiger partial charge in [-0.1, -0.05) is 36.4 Å². The molecule has 14 heavy (non-hydrogen) atoms. The Morgan fingerprint density at radius 3 is 2.57 bits per heavy atom. The van der Waals surface area contributed by atoms with E-state index in [9.17, 15) is 4.79 Å². The molecule has 0 aromatic heterocycles. The highest BCUT2D eigenvalue weighted by atomic mass is 79.9. The Labute approximate surface area is 94.2 Å². The minimum absolute atomic E-state index is 0.186. The van der Waals surface area contributed by atoms with Gasteiger partial charge < -0.3 is 9.64 Å². The summed E-state index contributed by atoms with van der Waals surface area (Å²) in [6.45, 7) is 10.8. The first-order chi connectivity index (χ1) is 6.63. The normalized spacial score (nSPS) is 12.6. The van der Waals surface area contributed by atoms with Crippen LogP contribution in [0.4, 0.5) is 0 Å². The fraction of sp³-hybridized carbons (Fsp3) is 0.700. The summed E-state index contributed by atoms with van der Waals surface area (Å²) in [7, 11) is 0. The maximum absolute atomic E-state index is 10.8. The number of carbonyl (C=O) groups is 1. The summed E-state index contributed by atoms with van der Waals surface area (Å²) in [6.07, 6.45) is 1.18. The van der Waals surface area contributed by atoms with Gasteiger partial charge in [0.15, 0.2) is 0 Å². The second-order valence-electron chi connectivity index (χ2n) is 2.92. The summed E-state index contributed by atoms with van der Waals surface area (Å²) in [5.74, 6) is -0.367. The molecule has 1 unspecified atom stereocenters. The van der Waals surface area contributed by atoms with Crippen LogP contribution < -0.4 is 0 Å². The van der Waals surface area contributed by atoms with Gasteiger partial charge in [-0.3, -0.25) is 0 Å². The van der Waals surface area contributed by atoms with E-state index in [1.807, 2.05) is 0 Å². The maximum atomic E-state index is 10.8. The Bertz CT molecular complexity index is 181. The van der Waals surface area contributed by atoms with Crippen molar-refractivity contribution < 1.29 is 9.53 Å². The summed E-state index contributed by atoms with van der Waals surface area (Å²) in [6, 6.07) is 0. The smallest absolute Gasteiger partial charge is 0.330 e. The van der Waals surface area contributed by atoms with E-state index >= 15 is 0 Å². The van der Waals surface area contributed by atoms with Gasteiger partial charge in [-0.15, -0.1) is 0 Å². The van der Waals surface area contributed by atoms with E-state index in [0.717, 1.165) is 19.6 Å². The Kier molecular flexibility index (Phi) is 7.80. The molecule has 4 heteroatoms. The van der Waals surface area contributed by atoms with Crippen LogP contribution in [0.25, 0.3) is 0 Å². The van der Waals surface area contributed by atoms with Gasteiger partial charge in [-0.2, -0.15) is 0 Å². The molecule has 1 atom stereocenters. The number of hydrogen-bond acceptors (Lipinski definition) is 3. The average Bonchev–Trinajstić information content (AvgIpc) is 2.22. The first-order valence-corrected chi connectivity index (χ1v) is 5.71. The van der Waals surface area contributed by atoms with E-state index in [1.54, 1.807) is 0 Å². The van der Waals surface area contributed by atoms with Crippen molar-refractivity contribution in [2.24, 2.45) is 0 Å². The molecule has 0 N–H and O–H groups in total. The third-order valence-corrected chi connectivity index (χ3v) is 2.48. The minimum atomic E-state index is -0.367. The molecule has 0 aromatic carbocycles. The second-order valence-corrected chi connectivity index (χ2v) is 4.21. The lowest BCUT2D eigenvalue weighted by atomic mass is 10.4. The monoisotopic (exact) mass is 263 g/mol. The molecule has 0 amide bonds. The van der Waals surface area contributed by atoms with Crippen molar-refractivity contribution >= 4 is 21.9 Å². The maximum Gasteiger partial charge on any atom is 0.330 e. The molecule has 0 saturated carbocycles. The van der Waals surface area contributed by atoms with E-state index in [2.05, 4.69) is 41.3 Å². The number of halogens is 1. The van der Waals surface area contributed by atoms with E-state index in [1.165, 1.54) is 6.08 Å². The lowest BCUT2D eigenvalue weighted by Crippen LogP contribution is -2.32. The molecular formula is C10H18BrNO2. The van der Waals surface area contributed by atoms with Gasteiger partial charge in [-0.05, 0) is 13.1 Å². The van der Waals surface area contributed by atoms with Gasteiger partial charge in [0.2, 0.25) is 0 Å². The average molecular weight is 264 g/mol. The molecule has 0 radical (unpaired) electrons. The fourth-order valence-corrected chi connectivity index (χ4v) is 1.59. The predicted octanol–water partition coefficient (Wildman–Crippen LogP) is 1.82. The SMILES string of the molecule is C=CC(=O)OCC(Br)CN(CC)CC. The Hall–Kier alpha value is -0.350. The zero-order valence-corrected chi connectivity index (χ0v) is 10.4. The van der Waals surface area contributed by atoms with Gasteiger partial charge >= 0.3 is 5.97 Å². The number of nitrogens with zero attached hydrogens (tertiary/aromatic N) is 1. The number of ether oxygens (including phenoxy) is 1. The van der Waals surface area contributed by atoms with Crippen LogP contribution >= 0.6 is 15.9 Å². The van der Waals surface area contributed by atoms with Crippen molar-refractivity contribution in [1.82, 2.24) is 4.90 Å². The van der Waals surface area contributed by atoms with Crippen LogP contribution in [0.5, 0.6) is 0 Å². The summed E-state index contributed by atoms with van der Waals surface area (Å²) >= 11 is 3.46. The molecule has 0 heterocycles. The first kappa shape index (κ1) is 13.7. The standard InChI is InChI=1S/C10H18BrNO2/c1-4-10(13)14-8-9(11)7-12(5-2)6-3/h4,9H,1,5-8H2,2-3H3. The largest absolute Gasteiger partial charge is 0.461 e. The van der Waals surface area contributed by atoms with Gasteiger partial charge in [0, 0.05) is 12.6 Å². The van der Waals surface area contributed by atoms with E-state index in [-0.39, 0.29) is 10.8 Å². The zero-order valence-electron chi connectivity index (χ0n) is 8.83. The highest BCUT2D eigenvalue weighted by Crippen LogP contribution is 2.03. The zero-order chi connectivity index (χ0) is 11.0. The van der Waals surface area contributed by atoms with Crippen molar-refractivity contribution in [3.05, 3.63) is 12.7 Å². The molecule has 0 aromatic rings. The van der Waals surface area contributed by atoms with Crippen molar-refractivity contribution in [1.29, 1.82) is 0 Å². The van der Waals surface area contributed by atoms with Gasteiger partial charge in [0.25, 0.3) is 0 Å². The molecule has 3 nitrogen and oxygen atoms in total. The van der Waals surface area contributed by atoms with Crippen LogP contribution in [-0.2, 0) is 9.53 Å². The fourth-order valence-electron chi connectivity index (χ4n) is 1.05. The van der Waals surface area contributed by atoms with Crippen molar-refractivity contribution in [3.63, 3.8) is 0 Å². The third kappa shape index (κ3) is 6.16. The topological polar surface area (TPSA) is 29.5 Å². The highest BCUT2D eigenvalue weighted by Gasteiger charge is 2.10. The number of alkyl halides is 1. The molecule has 82 valence electrons. The lowest BCUT2D eigenvalue weighted by Gasteiger charge is -2.21. The summed E-state index contributed by atoms with van der Waals surface area (Å²) in [5.41, 5.74) is 0. The Morgan fingerprint density at radius 1 is 1.57 bits per heavy atom. The van der Waals surface area contributed by atoms with E-state index in [0.29, 0.717) is 6.61 Å². The Balaban J connectivity index is 3.68. The van der Waals surface area contributed by atoms with E-state index < -0.39 is 0 Å². The number of carbonyl (C=O) groups excluding carboxylic acids is 1. The molecule has 0 bridgehead atoms. The van der Waals surface area contributed by atoms with Gasteiger partial charge in [0.1, 0.15) is 6.61 Å². The van der Waals surface area contributed by atoms with Crippen molar-refractivity contribution in [3.8, 4) is 0 Å². The summed E-state index contributed by atoms with van der Waals surface area (Å²) in [4.78, 5) is 13.2. The van der Waals surface area contributed by atoms with Gasteiger partial charge in [0.05, 0.1) is 4.83 Å². The Morgan fingerprint density at radius 2 is 2.14 bits per heavy atom. The van der Waals surface area contributed by atoms with Crippen LogP contribution in [-0.4, -0.2) is 41.9 Å². The van der Waals surface area contributed by atoms with Gasteiger partial charge in [-0.25, -0.2) is 4.79 Å². The highest BCUT2D eigenvalue weighted by molar-refractivity contribution is 9.09. The predicted molar refractivity (Wildman–Crippen MR) is 61.7 cm³/mol. The number of rotatable bonds is 7. The molecule has 0 rings (SSSR count). The van der Waals surface area contributed by atoms with Crippen LogP contribution in [0.2, 0.25) is 0 Å². The quantitative estimate of drug-likeness (QED) is 0.399. The first-order valence-electron chi connectivity index (χ1n) is 4.79. The molecule has 0 saturated heterocycles. The third-order valence-electron chi connectivity index (χ3n) is 1.92. The number of esters is 1.